The Morgan fingerprint density at radius 3 is 3.07 bits per heavy atom. The van der Waals surface area contributed by atoms with Gasteiger partial charge in [0.15, 0.2) is 0 Å². The number of hydrogen-bond donors (Lipinski definition) is 2. The summed E-state index contributed by atoms with van der Waals surface area (Å²) in [5.74, 6) is 0.803. The number of carbonyl (C=O) groups is 1. The Labute approximate surface area is 82.7 Å². The molecule has 0 saturated carbocycles. The second kappa shape index (κ2) is 3.29. The first kappa shape index (κ1) is 8.99. The van der Waals surface area contributed by atoms with Crippen molar-refractivity contribution in [2.45, 2.75) is 26.3 Å². The van der Waals surface area contributed by atoms with Gasteiger partial charge >= 0.3 is 0 Å². The predicted octanol–water partition coefficient (Wildman–Crippen LogP) is 1.53. The van der Waals surface area contributed by atoms with Crippen LogP contribution in [0.15, 0.2) is 12.1 Å². The number of hydrogen-bond acceptors (Lipinski definition) is 3. The zero-order valence-corrected chi connectivity index (χ0v) is 8.29. The van der Waals surface area contributed by atoms with E-state index in [1.165, 1.54) is 0 Å². The Hall–Kier alpha value is -1.58. The average molecular weight is 191 g/mol. The largest absolute Gasteiger partial charge is 0.365 e. The SMILES string of the molecule is Cc1ccc2c(n1)NC(C)CC(=O)N2. The average Bonchev–Trinajstić information content (AvgIpc) is 2.21. The van der Waals surface area contributed by atoms with Gasteiger partial charge < -0.3 is 10.6 Å². The predicted molar refractivity (Wildman–Crippen MR) is 55.3 cm³/mol. The minimum atomic E-state index is 0.0365. The van der Waals surface area contributed by atoms with Gasteiger partial charge in [-0.1, -0.05) is 0 Å². The van der Waals surface area contributed by atoms with Gasteiger partial charge in [-0.2, -0.15) is 0 Å². The maximum absolute atomic E-state index is 11.4. The van der Waals surface area contributed by atoms with Crippen LogP contribution in [0, 0.1) is 6.92 Å². The van der Waals surface area contributed by atoms with Crippen molar-refractivity contribution in [3.05, 3.63) is 17.8 Å². The fourth-order valence-corrected chi connectivity index (χ4v) is 1.53. The molecule has 0 spiro atoms. The molecule has 1 unspecified atom stereocenters. The highest BCUT2D eigenvalue weighted by atomic mass is 16.1. The van der Waals surface area contributed by atoms with E-state index < -0.39 is 0 Å². The summed E-state index contributed by atoms with van der Waals surface area (Å²) in [7, 11) is 0. The molecule has 0 aliphatic carbocycles. The van der Waals surface area contributed by atoms with Crippen LogP contribution < -0.4 is 10.6 Å². The summed E-state index contributed by atoms with van der Waals surface area (Å²) in [6.45, 7) is 3.90. The van der Waals surface area contributed by atoms with E-state index in [9.17, 15) is 4.79 Å². The van der Waals surface area contributed by atoms with Crippen LogP contribution in [0.4, 0.5) is 11.5 Å². The highest BCUT2D eigenvalue weighted by Gasteiger charge is 2.17. The maximum atomic E-state index is 11.4. The summed E-state index contributed by atoms with van der Waals surface area (Å²) in [4.78, 5) is 15.7. The molecule has 0 radical (unpaired) electrons. The van der Waals surface area contributed by atoms with Gasteiger partial charge in [0, 0.05) is 18.2 Å². The summed E-state index contributed by atoms with van der Waals surface area (Å²) in [5.41, 5.74) is 1.71. The molecule has 0 fully saturated rings. The normalized spacial score (nSPS) is 20.4. The standard InChI is InChI=1S/C10H13N3O/c1-6-3-4-8-10(11-6)12-7(2)5-9(14)13-8/h3-4,7H,5H2,1-2H3,(H,11,12)(H,13,14). The number of aryl methyl sites for hydroxylation is 1. The molecule has 1 aromatic rings. The monoisotopic (exact) mass is 191 g/mol. The number of nitrogens with zero attached hydrogens (tertiary/aromatic N) is 1. The number of anilines is 2. The lowest BCUT2D eigenvalue weighted by atomic mass is 10.2. The highest BCUT2D eigenvalue weighted by molar-refractivity contribution is 5.95. The summed E-state index contributed by atoms with van der Waals surface area (Å²) < 4.78 is 0. The van der Waals surface area contributed by atoms with Crippen molar-refractivity contribution in [2.24, 2.45) is 0 Å². The first-order chi connectivity index (χ1) is 6.65. The summed E-state index contributed by atoms with van der Waals surface area (Å²) in [6, 6.07) is 3.89. The van der Waals surface area contributed by atoms with Crippen molar-refractivity contribution in [1.82, 2.24) is 4.98 Å². The minimum absolute atomic E-state index is 0.0365. The molecular weight excluding hydrogens is 178 g/mol. The Balaban J connectivity index is 2.41. The molecule has 0 aromatic carbocycles. The van der Waals surface area contributed by atoms with Gasteiger partial charge in [-0.15, -0.1) is 0 Å². The van der Waals surface area contributed by atoms with Crippen LogP contribution >= 0.6 is 0 Å². The van der Waals surface area contributed by atoms with E-state index in [0.29, 0.717) is 6.42 Å². The molecule has 1 aliphatic heterocycles. The summed E-state index contributed by atoms with van der Waals surface area (Å²) in [6.07, 6.45) is 0.482. The molecule has 0 saturated heterocycles. The smallest absolute Gasteiger partial charge is 0.226 e. The topological polar surface area (TPSA) is 54.0 Å². The van der Waals surface area contributed by atoms with E-state index in [2.05, 4.69) is 15.6 Å². The van der Waals surface area contributed by atoms with Gasteiger partial charge in [-0.3, -0.25) is 4.79 Å². The highest BCUT2D eigenvalue weighted by Crippen LogP contribution is 2.23. The van der Waals surface area contributed by atoms with Gasteiger partial charge in [0.1, 0.15) is 5.82 Å². The third kappa shape index (κ3) is 1.69. The van der Waals surface area contributed by atoms with E-state index in [-0.39, 0.29) is 11.9 Å². The third-order valence-electron chi connectivity index (χ3n) is 2.18. The fourth-order valence-electron chi connectivity index (χ4n) is 1.53. The van der Waals surface area contributed by atoms with E-state index in [4.69, 9.17) is 0 Å². The van der Waals surface area contributed by atoms with Crippen LogP contribution in [0.1, 0.15) is 19.0 Å². The summed E-state index contributed by atoms with van der Waals surface area (Å²) >= 11 is 0. The summed E-state index contributed by atoms with van der Waals surface area (Å²) in [5, 5.41) is 6.02. The Bertz CT molecular complexity index is 376. The first-order valence-electron chi connectivity index (χ1n) is 4.69. The minimum Gasteiger partial charge on any atom is -0.365 e. The van der Waals surface area contributed by atoms with E-state index in [1.54, 1.807) is 0 Å². The number of pyridine rings is 1. The molecule has 14 heavy (non-hydrogen) atoms. The molecule has 0 bridgehead atoms. The van der Waals surface area contributed by atoms with Crippen LogP contribution in [-0.4, -0.2) is 16.9 Å². The van der Waals surface area contributed by atoms with Crippen LogP contribution in [0.5, 0.6) is 0 Å². The number of aromatic nitrogens is 1. The number of rotatable bonds is 0. The van der Waals surface area contributed by atoms with Gasteiger partial charge in [-0.25, -0.2) is 4.98 Å². The Kier molecular flexibility index (Phi) is 2.11. The van der Waals surface area contributed by atoms with Gasteiger partial charge in [0.25, 0.3) is 0 Å². The molecular formula is C10H13N3O. The first-order valence-corrected chi connectivity index (χ1v) is 4.69. The van der Waals surface area contributed by atoms with Crippen molar-refractivity contribution in [3.8, 4) is 0 Å². The van der Waals surface area contributed by atoms with Crippen molar-refractivity contribution >= 4 is 17.4 Å². The number of amides is 1. The lowest BCUT2D eigenvalue weighted by molar-refractivity contribution is -0.116. The molecule has 1 atom stereocenters. The Morgan fingerprint density at radius 1 is 1.50 bits per heavy atom. The molecule has 1 aliphatic rings. The number of fused-ring (bicyclic) bond motifs is 1. The van der Waals surface area contributed by atoms with Gasteiger partial charge in [0.05, 0.1) is 5.69 Å². The molecule has 4 heteroatoms. The second-order valence-electron chi connectivity index (χ2n) is 3.65. The maximum Gasteiger partial charge on any atom is 0.226 e. The quantitative estimate of drug-likeness (QED) is 0.654. The van der Waals surface area contributed by atoms with Crippen LogP contribution in [0.25, 0.3) is 0 Å². The van der Waals surface area contributed by atoms with E-state index in [0.717, 1.165) is 17.2 Å². The van der Waals surface area contributed by atoms with Crippen LogP contribution in [0.3, 0.4) is 0 Å². The molecule has 2 heterocycles. The number of nitrogens with one attached hydrogen (secondary N) is 2. The van der Waals surface area contributed by atoms with Crippen molar-refractivity contribution in [2.75, 3.05) is 10.6 Å². The van der Waals surface area contributed by atoms with E-state index in [1.807, 2.05) is 26.0 Å². The number of carbonyl (C=O) groups excluding carboxylic acids is 1. The van der Waals surface area contributed by atoms with Crippen molar-refractivity contribution < 1.29 is 4.79 Å². The molecule has 1 amide bonds. The fraction of sp³-hybridized carbons (Fsp3) is 0.400. The second-order valence-corrected chi connectivity index (χ2v) is 3.65. The Morgan fingerprint density at radius 2 is 2.29 bits per heavy atom. The van der Waals surface area contributed by atoms with Crippen LogP contribution in [-0.2, 0) is 4.79 Å². The zero-order valence-electron chi connectivity index (χ0n) is 8.29. The molecule has 2 rings (SSSR count). The lowest BCUT2D eigenvalue weighted by Gasteiger charge is -2.10. The third-order valence-corrected chi connectivity index (χ3v) is 2.18. The van der Waals surface area contributed by atoms with E-state index >= 15 is 0 Å². The van der Waals surface area contributed by atoms with Gasteiger partial charge in [0.2, 0.25) is 5.91 Å². The van der Waals surface area contributed by atoms with Crippen LogP contribution in [0.2, 0.25) is 0 Å². The zero-order chi connectivity index (χ0) is 10.1. The molecule has 4 nitrogen and oxygen atoms in total. The van der Waals surface area contributed by atoms with Crippen molar-refractivity contribution in [1.29, 1.82) is 0 Å². The molecule has 2 N–H and O–H groups in total. The molecule has 1 aromatic heterocycles. The van der Waals surface area contributed by atoms with Gasteiger partial charge in [-0.05, 0) is 26.0 Å². The van der Waals surface area contributed by atoms with Crippen molar-refractivity contribution in [3.63, 3.8) is 0 Å². The lowest BCUT2D eigenvalue weighted by Crippen LogP contribution is -2.19. The molecule has 74 valence electrons.